The predicted molar refractivity (Wildman–Crippen MR) is 87.2 cm³/mol. The van der Waals surface area contributed by atoms with Gasteiger partial charge in [-0.25, -0.2) is 0 Å². The second-order valence-corrected chi connectivity index (χ2v) is 5.41. The number of ether oxygens (including phenoxy) is 1. The quantitative estimate of drug-likeness (QED) is 0.645. The van der Waals surface area contributed by atoms with Gasteiger partial charge < -0.3 is 20.2 Å². The van der Waals surface area contributed by atoms with Crippen molar-refractivity contribution in [2.45, 2.75) is 6.04 Å². The summed E-state index contributed by atoms with van der Waals surface area (Å²) < 4.78 is 5.81. The number of likely N-dealkylation sites (N-methyl/N-ethyl adjacent to an activating group) is 1. The van der Waals surface area contributed by atoms with Crippen molar-refractivity contribution in [1.82, 2.24) is 10.2 Å². The lowest BCUT2D eigenvalue weighted by Crippen LogP contribution is -2.35. The first-order valence-corrected chi connectivity index (χ1v) is 7.28. The lowest BCUT2D eigenvalue weighted by molar-refractivity contribution is -0.605. The van der Waals surface area contributed by atoms with Gasteiger partial charge in [-0.2, -0.15) is 4.73 Å². The Morgan fingerprint density at radius 1 is 1.22 bits per heavy atom. The van der Waals surface area contributed by atoms with Gasteiger partial charge in [-0.1, -0.05) is 12.1 Å². The van der Waals surface area contributed by atoms with Gasteiger partial charge >= 0.3 is 0 Å². The maximum atomic E-state index is 12.2. The van der Waals surface area contributed by atoms with E-state index in [1.54, 1.807) is 7.11 Å². The molecule has 0 bridgehead atoms. The van der Waals surface area contributed by atoms with Crippen LogP contribution in [0.5, 0.6) is 5.75 Å². The number of amides is 1. The van der Waals surface area contributed by atoms with Crippen LogP contribution >= 0.6 is 0 Å². The summed E-state index contributed by atoms with van der Waals surface area (Å²) in [7, 11) is 5.55. The molecular weight excluding hydrogens is 294 g/mol. The molecule has 0 radical (unpaired) electrons. The largest absolute Gasteiger partial charge is 0.619 e. The fourth-order valence-electron chi connectivity index (χ4n) is 2.28. The van der Waals surface area contributed by atoms with Crippen LogP contribution in [0.4, 0.5) is 0 Å². The monoisotopic (exact) mass is 315 g/mol. The van der Waals surface area contributed by atoms with Crippen molar-refractivity contribution < 1.29 is 14.3 Å². The lowest BCUT2D eigenvalue weighted by Gasteiger charge is -2.25. The number of benzene rings is 1. The van der Waals surface area contributed by atoms with Gasteiger partial charge in [-0.05, 0) is 31.8 Å². The predicted octanol–water partition coefficient (Wildman–Crippen LogP) is 1.36. The Kier molecular flexibility index (Phi) is 5.54. The maximum Gasteiger partial charge on any atom is 0.251 e. The van der Waals surface area contributed by atoms with E-state index in [4.69, 9.17) is 4.74 Å². The molecule has 0 spiro atoms. The van der Waals surface area contributed by atoms with Crippen LogP contribution in [0.15, 0.2) is 48.8 Å². The highest BCUT2D eigenvalue weighted by Crippen LogP contribution is 2.20. The van der Waals surface area contributed by atoms with E-state index in [9.17, 15) is 10.0 Å². The van der Waals surface area contributed by atoms with Crippen LogP contribution in [0, 0.1) is 5.21 Å². The van der Waals surface area contributed by atoms with Crippen LogP contribution in [0.3, 0.4) is 0 Å². The molecule has 1 aromatic heterocycles. The van der Waals surface area contributed by atoms with Gasteiger partial charge in [0.15, 0.2) is 12.4 Å². The molecule has 1 amide bonds. The standard InChI is InChI=1S/C17H21N3O3/c1-19(2)16(13-4-6-15(23-3)7-5-13)12-18-17(21)14-8-10-20(22)11-9-14/h4-11,16H,12H2,1-3H3,(H,18,21). The minimum atomic E-state index is -0.203. The Labute approximate surface area is 135 Å². The van der Waals surface area contributed by atoms with Gasteiger partial charge in [-0.15, -0.1) is 0 Å². The molecule has 1 heterocycles. The number of pyridine rings is 1. The molecule has 0 saturated heterocycles. The van der Waals surface area contributed by atoms with E-state index < -0.39 is 0 Å². The van der Waals surface area contributed by atoms with Crippen molar-refractivity contribution in [3.05, 3.63) is 65.1 Å². The highest BCUT2D eigenvalue weighted by atomic mass is 16.5. The number of carbonyl (C=O) groups is 1. The molecule has 2 rings (SSSR count). The summed E-state index contributed by atoms with van der Waals surface area (Å²) in [6.45, 7) is 0.463. The first-order chi connectivity index (χ1) is 11.0. The van der Waals surface area contributed by atoms with Crippen molar-refractivity contribution in [1.29, 1.82) is 0 Å². The Balaban J connectivity index is 2.04. The summed E-state index contributed by atoms with van der Waals surface area (Å²) in [5.41, 5.74) is 1.55. The molecule has 0 aliphatic heterocycles. The molecule has 1 unspecified atom stereocenters. The fraction of sp³-hybridized carbons (Fsp3) is 0.294. The molecule has 1 atom stereocenters. The first-order valence-electron chi connectivity index (χ1n) is 7.28. The Bertz CT molecular complexity index is 639. The zero-order chi connectivity index (χ0) is 16.8. The molecule has 2 aromatic rings. The third-order valence-electron chi connectivity index (χ3n) is 3.64. The summed E-state index contributed by atoms with van der Waals surface area (Å²) in [6, 6.07) is 10.8. The van der Waals surface area contributed by atoms with Gasteiger partial charge in [0.25, 0.3) is 5.91 Å². The molecule has 6 nitrogen and oxygen atoms in total. The van der Waals surface area contributed by atoms with E-state index in [1.165, 1.54) is 24.5 Å². The molecular formula is C17H21N3O3. The summed E-state index contributed by atoms with van der Waals surface area (Å²) in [5, 5.41) is 13.9. The van der Waals surface area contributed by atoms with Crippen LogP contribution in [0.1, 0.15) is 22.0 Å². The molecule has 1 N–H and O–H groups in total. The summed E-state index contributed by atoms with van der Waals surface area (Å²) in [4.78, 5) is 14.2. The van der Waals surface area contributed by atoms with Gasteiger partial charge in [0.05, 0.1) is 18.7 Å². The highest BCUT2D eigenvalue weighted by molar-refractivity contribution is 5.93. The van der Waals surface area contributed by atoms with Gasteiger partial charge in [0.1, 0.15) is 5.75 Å². The number of hydrogen-bond acceptors (Lipinski definition) is 4. The maximum absolute atomic E-state index is 12.2. The molecule has 0 fully saturated rings. The van der Waals surface area contributed by atoms with Crippen LogP contribution in [-0.4, -0.2) is 38.6 Å². The lowest BCUT2D eigenvalue weighted by atomic mass is 10.1. The molecule has 0 aliphatic carbocycles. The van der Waals surface area contributed by atoms with E-state index in [-0.39, 0.29) is 11.9 Å². The smallest absolute Gasteiger partial charge is 0.251 e. The third-order valence-corrected chi connectivity index (χ3v) is 3.64. The van der Waals surface area contributed by atoms with E-state index in [0.29, 0.717) is 16.8 Å². The molecule has 23 heavy (non-hydrogen) atoms. The van der Waals surface area contributed by atoms with Crippen LogP contribution in [0.25, 0.3) is 0 Å². The minimum absolute atomic E-state index is 0.0398. The van der Waals surface area contributed by atoms with Gasteiger partial charge in [-0.3, -0.25) is 4.79 Å². The second kappa shape index (κ2) is 7.60. The van der Waals surface area contributed by atoms with Crippen LogP contribution in [-0.2, 0) is 0 Å². The molecule has 6 heteroatoms. The number of rotatable bonds is 6. The van der Waals surface area contributed by atoms with Crippen LogP contribution in [0.2, 0.25) is 0 Å². The number of carbonyl (C=O) groups excluding carboxylic acids is 1. The van der Waals surface area contributed by atoms with E-state index in [2.05, 4.69) is 5.32 Å². The van der Waals surface area contributed by atoms with Crippen molar-refractivity contribution in [3.8, 4) is 5.75 Å². The number of aromatic nitrogens is 1. The van der Waals surface area contributed by atoms with E-state index in [1.807, 2.05) is 43.3 Å². The summed E-state index contributed by atoms with van der Waals surface area (Å²) in [6.07, 6.45) is 2.61. The van der Waals surface area contributed by atoms with Crippen molar-refractivity contribution in [2.75, 3.05) is 27.7 Å². The molecule has 0 saturated carbocycles. The van der Waals surface area contributed by atoms with Crippen molar-refractivity contribution in [3.63, 3.8) is 0 Å². The zero-order valence-corrected chi connectivity index (χ0v) is 13.5. The number of methoxy groups -OCH3 is 1. The Morgan fingerprint density at radius 2 is 1.83 bits per heavy atom. The number of nitrogens with zero attached hydrogens (tertiary/aromatic N) is 2. The second-order valence-electron chi connectivity index (χ2n) is 5.41. The number of hydrogen-bond donors (Lipinski definition) is 1. The molecule has 1 aromatic carbocycles. The topological polar surface area (TPSA) is 68.5 Å². The average molecular weight is 315 g/mol. The number of nitrogens with one attached hydrogen (secondary N) is 1. The Morgan fingerprint density at radius 3 is 2.35 bits per heavy atom. The first kappa shape index (κ1) is 16.8. The highest BCUT2D eigenvalue weighted by Gasteiger charge is 2.16. The van der Waals surface area contributed by atoms with Crippen molar-refractivity contribution >= 4 is 5.91 Å². The average Bonchev–Trinajstić information content (AvgIpc) is 2.55. The van der Waals surface area contributed by atoms with E-state index in [0.717, 1.165) is 11.3 Å². The van der Waals surface area contributed by atoms with E-state index >= 15 is 0 Å². The molecule has 122 valence electrons. The molecule has 0 aliphatic rings. The fourth-order valence-corrected chi connectivity index (χ4v) is 2.28. The van der Waals surface area contributed by atoms with Crippen LogP contribution < -0.4 is 14.8 Å². The summed E-state index contributed by atoms with van der Waals surface area (Å²) in [5.74, 6) is 0.594. The van der Waals surface area contributed by atoms with Gasteiger partial charge in [0, 0.05) is 18.7 Å². The summed E-state index contributed by atoms with van der Waals surface area (Å²) >= 11 is 0. The Hall–Kier alpha value is -2.60. The zero-order valence-electron chi connectivity index (χ0n) is 13.5. The van der Waals surface area contributed by atoms with Gasteiger partial charge in [0.2, 0.25) is 0 Å². The minimum Gasteiger partial charge on any atom is -0.619 e. The van der Waals surface area contributed by atoms with Crippen molar-refractivity contribution in [2.24, 2.45) is 0 Å². The normalized spacial score (nSPS) is 12.0. The third kappa shape index (κ3) is 4.43. The SMILES string of the molecule is COc1ccc(C(CNC(=O)c2cc[n+]([O-])cc2)N(C)C)cc1.